The highest BCUT2D eigenvalue weighted by atomic mass is 16.4. The van der Waals surface area contributed by atoms with Crippen LogP contribution >= 0.6 is 0 Å². The van der Waals surface area contributed by atoms with Crippen LogP contribution < -0.4 is 10.9 Å². The van der Waals surface area contributed by atoms with Crippen molar-refractivity contribution in [3.05, 3.63) is 94.8 Å². The van der Waals surface area contributed by atoms with Crippen LogP contribution in [-0.4, -0.2) is 0 Å². The van der Waals surface area contributed by atoms with Gasteiger partial charge in [0.1, 0.15) is 11.0 Å². The van der Waals surface area contributed by atoms with Crippen LogP contribution in [0.15, 0.2) is 92.5 Å². The molecule has 5 rings (SSSR count). The summed E-state index contributed by atoms with van der Waals surface area (Å²) in [6.45, 7) is 2.02. The number of benzene rings is 3. The first-order valence-electron chi connectivity index (χ1n) is 9.09. The van der Waals surface area contributed by atoms with Gasteiger partial charge in [-0.3, -0.25) is 0 Å². The molecular formula is C24H17NO3. The molecule has 4 heteroatoms. The number of rotatable bonds is 3. The minimum atomic E-state index is -0.408. The number of aryl methyl sites for hydroxylation is 1. The zero-order chi connectivity index (χ0) is 19.1. The van der Waals surface area contributed by atoms with E-state index in [1.807, 2.05) is 79.7 Å². The lowest BCUT2D eigenvalue weighted by molar-refractivity contribution is 0.566. The van der Waals surface area contributed by atoms with Crippen LogP contribution in [0.5, 0.6) is 0 Å². The van der Waals surface area contributed by atoms with E-state index in [9.17, 15) is 4.79 Å². The third-order valence-electron chi connectivity index (χ3n) is 4.90. The summed E-state index contributed by atoms with van der Waals surface area (Å²) < 4.78 is 11.8. The molecule has 0 saturated carbocycles. The number of fused-ring (bicyclic) bond motifs is 3. The zero-order valence-electron chi connectivity index (χ0n) is 15.2. The number of anilines is 2. The SMILES string of the molecule is Cc1ccccc1Nc1oc2c(c1-c1ccccc1)c(=O)oc1ccccc12. The van der Waals surface area contributed by atoms with Gasteiger partial charge in [0.25, 0.3) is 0 Å². The van der Waals surface area contributed by atoms with Crippen molar-refractivity contribution in [3.8, 4) is 11.1 Å². The highest BCUT2D eigenvalue weighted by Crippen LogP contribution is 2.41. The van der Waals surface area contributed by atoms with Gasteiger partial charge < -0.3 is 14.2 Å². The number of furan rings is 1. The molecule has 28 heavy (non-hydrogen) atoms. The fourth-order valence-corrected chi connectivity index (χ4v) is 3.51. The zero-order valence-corrected chi connectivity index (χ0v) is 15.2. The smallest absolute Gasteiger partial charge is 0.348 e. The van der Waals surface area contributed by atoms with Gasteiger partial charge in [-0.2, -0.15) is 0 Å². The molecule has 2 heterocycles. The van der Waals surface area contributed by atoms with Crippen molar-refractivity contribution in [3.63, 3.8) is 0 Å². The molecule has 3 aromatic carbocycles. The molecule has 0 radical (unpaired) electrons. The molecule has 0 aliphatic heterocycles. The summed E-state index contributed by atoms with van der Waals surface area (Å²) in [4.78, 5) is 12.9. The third-order valence-corrected chi connectivity index (χ3v) is 4.90. The molecule has 0 aliphatic carbocycles. The molecule has 0 bridgehead atoms. The van der Waals surface area contributed by atoms with E-state index in [1.165, 1.54) is 0 Å². The maximum atomic E-state index is 12.9. The number of hydrogen-bond donors (Lipinski definition) is 1. The maximum absolute atomic E-state index is 12.9. The molecular weight excluding hydrogens is 350 g/mol. The summed E-state index contributed by atoms with van der Waals surface area (Å²) in [6.07, 6.45) is 0. The summed E-state index contributed by atoms with van der Waals surface area (Å²) >= 11 is 0. The Kier molecular flexibility index (Phi) is 3.76. The van der Waals surface area contributed by atoms with Gasteiger partial charge in [-0.15, -0.1) is 0 Å². The van der Waals surface area contributed by atoms with Gasteiger partial charge in [-0.1, -0.05) is 60.7 Å². The van der Waals surface area contributed by atoms with Crippen molar-refractivity contribution >= 4 is 33.5 Å². The van der Waals surface area contributed by atoms with Gasteiger partial charge >= 0.3 is 5.63 Å². The second-order valence-corrected chi connectivity index (χ2v) is 6.70. The second-order valence-electron chi connectivity index (χ2n) is 6.70. The van der Waals surface area contributed by atoms with E-state index >= 15 is 0 Å². The van der Waals surface area contributed by atoms with Crippen molar-refractivity contribution in [2.24, 2.45) is 0 Å². The van der Waals surface area contributed by atoms with E-state index in [1.54, 1.807) is 6.07 Å². The lowest BCUT2D eigenvalue weighted by Gasteiger charge is -2.09. The molecule has 0 atom stereocenters. The molecule has 1 N–H and O–H groups in total. The molecule has 0 fully saturated rings. The Morgan fingerprint density at radius 2 is 1.50 bits per heavy atom. The highest BCUT2D eigenvalue weighted by Gasteiger charge is 2.22. The standard InChI is InChI=1S/C24H17NO3/c1-15-9-5-7-13-18(15)25-23-20(16-10-3-2-4-11-16)21-22(28-23)17-12-6-8-14-19(17)27-24(21)26/h2-14,25H,1H3. The molecule has 5 aromatic rings. The Morgan fingerprint density at radius 1 is 0.786 bits per heavy atom. The summed E-state index contributed by atoms with van der Waals surface area (Å²) in [5.74, 6) is 0.527. The Balaban J connectivity index is 1.86. The van der Waals surface area contributed by atoms with Crippen molar-refractivity contribution in [2.75, 3.05) is 5.32 Å². The Morgan fingerprint density at radius 3 is 2.32 bits per heavy atom. The van der Waals surface area contributed by atoms with E-state index in [0.29, 0.717) is 28.0 Å². The molecule has 136 valence electrons. The molecule has 0 aliphatic rings. The molecule has 0 spiro atoms. The Hall–Kier alpha value is -3.79. The predicted molar refractivity (Wildman–Crippen MR) is 112 cm³/mol. The molecule has 2 aromatic heterocycles. The topological polar surface area (TPSA) is 55.4 Å². The van der Waals surface area contributed by atoms with Gasteiger partial charge in [0.2, 0.25) is 5.88 Å². The van der Waals surface area contributed by atoms with Crippen molar-refractivity contribution in [1.82, 2.24) is 0 Å². The summed E-state index contributed by atoms with van der Waals surface area (Å²) in [5.41, 5.74) is 4.23. The van der Waals surface area contributed by atoms with Crippen molar-refractivity contribution < 1.29 is 8.83 Å². The number of para-hydroxylation sites is 2. The lowest BCUT2D eigenvalue weighted by atomic mass is 10.0. The van der Waals surface area contributed by atoms with Gasteiger partial charge in [-0.05, 0) is 36.2 Å². The normalized spacial score (nSPS) is 11.2. The van der Waals surface area contributed by atoms with Crippen LogP contribution in [0.4, 0.5) is 11.6 Å². The summed E-state index contributed by atoms with van der Waals surface area (Å²) in [7, 11) is 0. The van der Waals surface area contributed by atoms with Crippen molar-refractivity contribution in [1.29, 1.82) is 0 Å². The average molecular weight is 367 g/mol. The number of hydrogen-bond acceptors (Lipinski definition) is 4. The van der Waals surface area contributed by atoms with E-state index in [-0.39, 0.29) is 0 Å². The van der Waals surface area contributed by atoms with Crippen molar-refractivity contribution in [2.45, 2.75) is 6.92 Å². The van der Waals surface area contributed by atoms with Gasteiger partial charge in [0, 0.05) is 5.69 Å². The van der Waals surface area contributed by atoms with Crippen LogP contribution in [0.3, 0.4) is 0 Å². The summed E-state index contributed by atoms with van der Waals surface area (Å²) in [5, 5.41) is 4.59. The van der Waals surface area contributed by atoms with Gasteiger partial charge in [0.15, 0.2) is 5.58 Å². The van der Waals surface area contributed by atoms with Crippen LogP contribution in [0.25, 0.3) is 33.1 Å². The third kappa shape index (κ3) is 2.58. The van der Waals surface area contributed by atoms with Crippen LogP contribution in [0.2, 0.25) is 0 Å². The minimum absolute atomic E-state index is 0.408. The first-order chi connectivity index (χ1) is 13.7. The Labute approximate surface area is 161 Å². The average Bonchev–Trinajstić information content (AvgIpc) is 3.10. The van der Waals surface area contributed by atoms with E-state index in [0.717, 1.165) is 22.2 Å². The van der Waals surface area contributed by atoms with E-state index in [2.05, 4.69) is 5.32 Å². The van der Waals surface area contributed by atoms with E-state index < -0.39 is 5.63 Å². The summed E-state index contributed by atoms with van der Waals surface area (Å²) in [6, 6.07) is 25.1. The first-order valence-corrected chi connectivity index (χ1v) is 9.09. The van der Waals surface area contributed by atoms with Crippen LogP contribution in [0, 0.1) is 6.92 Å². The second kappa shape index (κ2) is 6.43. The quantitative estimate of drug-likeness (QED) is 0.383. The minimum Gasteiger partial charge on any atom is -0.439 e. The first kappa shape index (κ1) is 16.4. The number of nitrogens with one attached hydrogen (secondary N) is 1. The van der Waals surface area contributed by atoms with Gasteiger partial charge in [-0.25, -0.2) is 4.79 Å². The maximum Gasteiger partial charge on any atom is 0.348 e. The Bertz CT molecular complexity index is 1360. The fraction of sp³-hybridized carbons (Fsp3) is 0.0417. The highest BCUT2D eigenvalue weighted by molar-refractivity contribution is 6.10. The largest absolute Gasteiger partial charge is 0.439 e. The van der Waals surface area contributed by atoms with Crippen LogP contribution in [0.1, 0.15) is 5.56 Å². The lowest BCUT2D eigenvalue weighted by Crippen LogP contribution is -2.00. The molecule has 0 unspecified atom stereocenters. The van der Waals surface area contributed by atoms with Crippen LogP contribution in [-0.2, 0) is 0 Å². The monoisotopic (exact) mass is 367 g/mol. The van der Waals surface area contributed by atoms with E-state index in [4.69, 9.17) is 8.83 Å². The molecule has 0 amide bonds. The molecule has 4 nitrogen and oxygen atoms in total. The molecule has 0 saturated heterocycles. The fourth-order valence-electron chi connectivity index (χ4n) is 3.51. The van der Waals surface area contributed by atoms with Gasteiger partial charge in [0.05, 0.1) is 10.9 Å². The predicted octanol–water partition coefficient (Wildman–Crippen LogP) is 6.26.